The van der Waals surface area contributed by atoms with E-state index >= 15 is 0 Å². The summed E-state index contributed by atoms with van der Waals surface area (Å²) in [6.07, 6.45) is 3.95. The van der Waals surface area contributed by atoms with Crippen LogP contribution in [0.4, 0.5) is 0 Å². The molecular formula is C11H16BrN. The van der Waals surface area contributed by atoms with Gasteiger partial charge in [-0.25, -0.2) is 0 Å². The second-order valence-corrected chi connectivity index (χ2v) is 4.99. The first-order valence-electron chi connectivity index (χ1n) is 5.08. The van der Waals surface area contributed by atoms with E-state index in [9.17, 15) is 0 Å². The largest absolute Gasteiger partial charge is 0.347 e. The number of nitrogens with zero attached hydrogens (tertiary/aromatic N) is 1. The minimum absolute atomic E-state index is 0.626. The first-order valence-corrected chi connectivity index (χ1v) is 5.87. The van der Waals surface area contributed by atoms with Crippen LogP contribution in [0.2, 0.25) is 0 Å². The fourth-order valence-corrected chi connectivity index (χ4v) is 3.15. The standard InChI is InChI=1S/C11H16BrN/c1-8(2)11-10(12)7-9-5-3-4-6-13(9)11/h7-8H,3-6H2,1-2H3. The molecule has 0 unspecified atom stereocenters. The van der Waals surface area contributed by atoms with Crippen LogP contribution in [0.3, 0.4) is 0 Å². The molecule has 0 radical (unpaired) electrons. The van der Waals surface area contributed by atoms with Gasteiger partial charge in [0.05, 0.1) is 0 Å². The molecule has 2 heteroatoms. The lowest BCUT2D eigenvalue weighted by molar-refractivity contribution is 0.508. The van der Waals surface area contributed by atoms with Gasteiger partial charge in [0.2, 0.25) is 0 Å². The van der Waals surface area contributed by atoms with Crippen LogP contribution in [0, 0.1) is 0 Å². The van der Waals surface area contributed by atoms with Crippen molar-refractivity contribution in [3.63, 3.8) is 0 Å². The van der Waals surface area contributed by atoms with E-state index in [1.807, 2.05) is 0 Å². The highest BCUT2D eigenvalue weighted by Crippen LogP contribution is 2.31. The predicted octanol–water partition coefficient (Wildman–Crippen LogP) is 3.71. The summed E-state index contributed by atoms with van der Waals surface area (Å²) in [5, 5.41) is 0. The van der Waals surface area contributed by atoms with Gasteiger partial charge in [0.1, 0.15) is 0 Å². The monoisotopic (exact) mass is 241 g/mol. The summed E-state index contributed by atoms with van der Waals surface area (Å²) in [6, 6.07) is 2.30. The number of aryl methyl sites for hydroxylation is 1. The van der Waals surface area contributed by atoms with Crippen molar-refractivity contribution in [3.05, 3.63) is 21.9 Å². The van der Waals surface area contributed by atoms with Crippen LogP contribution in [-0.4, -0.2) is 4.57 Å². The number of aromatic nitrogens is 1. The van der Waals surface area contributed by atoms with Crippen molar-refractivity contribution in [3.8, 4) is 0 Å². The summed E-state index contributed by atoms with van der Waals surface area (Å²) in [7, 11) is 0. The average molecular weight is 242 g/mol. The molecule has 0 saturated heterocycles. The van der Waals surface area contributed by atoms with Crippen LogP contribution < -0.4 is 0 Å². The normalized spacial score (nSPS) is 16.3. The Hall–Kier alpha value is -0.240. The van der Waals surface area contributed by atoms with Gasteiger partial charge in [-0.15, -0.1) is 0 Å². The number of rotatable bonds is 1. The van der Waals surface area contributed by atoms with E-state index in [1.165, 1.54) is 41.7 Å². The van der Waals surface area contributed by atoms with Crippen LogP contribution in [0.5, 0.6) is 0 Å². The van der Waals surface area contributed by atoms with Gasteiger partial charge in [-0.05, 0) is 47.2 Å². The van der Waals surface area contributed by atoms with Gasteiger partial charge in [0.15, 0.2) is 0 Å². The lowest BCUT2D eigenvalue weighted by Crippen LogP contribution is -2.13. The summed E-state index contributed by atoms with van der Waals surface area (Å²) in [4.78, 5) is 0. The molecule has 0 spiro atoms. The van der Waals surface area contributed by atoms with E-state index < -0.39 is 0 Å². The van der Waals surface area contributed by atoms with E-state index in [-0.39, 0.29) is 0 Å². The molecule has 1 aromatic heterocycles. The molecular weight excluding hydrogens is 226 g/mol. The Morgan fingerprint density at radius 3 is 2.85 bits per heavy atom. The quantitative estimate of drug-likeness (QED) is 0.707. The van der Waals surface area contributed by atoms with Crippen LogP contribution in [-0.2, 0) is 13.0 Å². The molecule has 72 valence electrons. The Bertz CT molecular complexity index is 312. The van der Waals surface area contributed by atoms with Crippen molar-refractivity contribution in [1.82, 2.24) is 4.57 Å². The maximum atomic E-state index is 3.66. The first-order chi connectivity index (χ1) is 6.20. The van der Waals surface area contributed by atoms with Crippen molar-refractivity contribution in [1.29, 1.82) is 0 Å². The topological polar surface area (TPSA) is 4.93 Å². The second-order valence-electron chi connectivity index (χ2n) is 4.13. The Kier molecular flexibility index (Phi) is 2.50. The maximum absolute atomic E-state index is 3.66. The Morgan fingerprint density at radius 2 is 2.15 bits per heavy atom. The smallest absolute Gasteiger partial charge is 0.0390 e. The van der Waals surface area contributed by atoms with Gasteiger partial charge < -0.3 is 4.57 Å². The minimum atomic E-state index is 0.626. The zero-order chi connectivity index (χ0) is 9.42. The molecule has 0 N–H and O–H groups in total. The third-order valence-corrected chi connectivity index (χ3v) is 3.42. The Morgan fingerprint density at radius 1 is 1.38 bits per heavy atom. The summed E-state index contributed by atoms with van der Waals surface area (Å²) in [5.41, 5.74) is 3.00. The van der Waals surface area contributed by atoms with Crippen LogP contribution in [0.25, 0.3) is 0 Å². The zero-order valence-corrected chi connectivity index (χ0v) is 9.89. The number of fused-ring (bicyclic) bond motifs is 1. The number of halogens is 1. The molecule has 1 aliphatic rings. The van der Waals surface area contributed by atoms with Gasteiger partial charge >= 0.3 is 0 Å². The molecule has 1 aliphatic heterocycles. The molecule has 1 nitrogen and oxygen atoms in total. The molecule has 0 fully saturated rings. The predicted molar refractivity (Wildman–Crippen MR) is 59.2 cm³/mol. The first kappa shape index (κ1) is 9.32. The molecule has 0 amide bonds. The summed E-state index contributed by atoms with van der Waals surface area (Å²) in [5.74, 6) is 0.626. The van der Waals surface area contributed by atoms with Crippen LogP contribution >= 0.6 is 15.9 Å². The summed E-state index contributed by atoms with van der Waals surface area (Å²) < 4.78 is 3.80. The summed E-state index contributed by atoms with van der Waals surface area (Å²) >= 11 is 3.66. The fraction of sp³-hybridized carbons (Fsp3) is 0.636. The SMILES string of the molecule is CC(C)c1c(Br)cc2n1CCCC2. The lowest BCUT2D eigenvalue weighted by Gasteiger charge is -2.19. The molecule has 2 rings (SSSR count). The van der Waals surface area contributed by atoms with E-state index in [0.717, 1.165) is 0 Å². The van der Waals surface area contributed by atoms with Gasteiger partial charge in [-0.1, -0.05) is 13.8 Å². The van der Waals surface area contributed by atoms with Crippen LogP contribution in [0.1, 0.15) is 44.0 Å². The molecule has 0 aromatic carbocycles. The molecule has 0 atom stereocenters. The Balaban J connectivity index is 2.48. The van der Waals surface area contributed by atoms with E-state index in [1.54, 1.807) is 0 Å². The molecule has 0 bridgehead atoms. The van der Waals surface area contributed by atoms with Gasteiger partial charge in [0.25, 0.3) is 0 Å². The van der Waals surface area contributed by atoms with Gasteiger partial charge in [0, 0.05) is 22.4 Å². The number of hydrogen-bond acceptors (Lipinski definition) is 0. The Labute approximate surface area is 88.3 Å². The molecule has 0 saturated carbocycles. The van der Waals surface area contributed by atoms with E-state index in [0.29, 0.717) is 5.92 Å². The molecule has 2 heterocycles. The highest BCUT2D eigenvalue weighted by molar-refractivity contribution is 9.10. The maximum Gasteiger partial charge on any atom is 0.0390 e. The molecule has 13 heavy (non-hydrogen) atoms. The van der Waals surface area contributed by atoms with Crippen molar-refractivity contribution < 1.29 is 0 Å². The number of hydrogen-bond donors (Lipinski definition) is 0. The summed E-state index contributed by atoms with van der Waals surface area (Å²) in [6.45, 7) is 5.75. The zero-order valence-electron chi connectivity index (χ0n) is 8.31. The highest BCUT2D eigenvalue weighted by Gasteiger charge is 2.17. The van der Waals surface area contributed by atoms with Gasteiger partial charge in [-0.2, -0.15) is 0 Å². The minimum Gasteiger partial charge on any atom is -0.347 e. The third-order valence-electron chi connectivity index (χ3n) is 2.79. The second kappa shape index (κ2) is 3.49. The highest BCUT2D eigenvalue weighted by atomic mass is 79.9. The van der Waals surface area contributed by atoms with Crippen molar-refractivity contribution in [2.24, 2.45) is 0 Å². The molecule has 0 aliphatic carbocycles. The van der Waals surface area contributed by atoms with E-state index in [4.69, 9.17) is 0 Å². The van der Waals surface area contributed by atoms with Gasteiger partial charge in [-0.3, -0.25) is 0 Å². The van der Waals surface area contributed by atoms with Crippen LogP contribution in [0.15, 0.2) is 10.5 Å². The van der Waals surface area contributed by atoms with E-state index in [2.05, 4.69) is 40.4 Å². The van der Waals surface area contributed by atoms with Crippen molar-refractivity contribution in [2.45, 2.75) is 45.6 Å². The molecule has 1 aromatic rings. The lowest BCUT2D eigenvalue weighted by atomic mass is 10.1. The fourth-order valence-electron chi connectivity index (χ4n) is 2.22. The van der Waals surface area contributed by atoms with Crippen molar-refractivity contribution >= 4 is 15.9 Å². The van der Waals surface area contributed by atoms with Crippen molar-refractivity contribution in [2.75, 3.05) is 0 Å². The average Bonchev–Trinajstić information content (AvgIpc) is 2.39. The third kappa shape index (κ3) is 1.56.